The Hall–Kier alpha value is -3.04. The van der Waals surface area contributed by atoms with Crippen LogP contribution < -0.4 is 5.32 Å². The van der Waals surface area contributed by atoms with Gasteiger partial charge >= 0.3 is 0 Å². The molecule has 1 aromatic carbocycles. The van der Waals surface area contributed by atoms with Gasteiger partial charge in [0, 0.05) is 37.8 Å². The summed E-state index contributed by atoms with van der Waals surface area (Å²) in [7, 11) is 0. The molecular formula is C22H28N6O3. The van der Waals surface area contributed by atoms with Crippen molar-refractivity contribution in [2.45, 2.75) is 32.7 Å². The highest BCUT2D eigenvalue weighted by Gasteiger charge is 2.27. The van der Waals surface area contributed by atoms with Gasteiger partial charge in [0.2, 0.25) is 23.5 Å². The number of hydrogen-bond acceptors (Lipinski definition) is 8. The van der Waals surface area contributed by atoms with Gasteiger partial charge in [-0.05, 0) is 12.8 Å². The van der Waals surface area contributed by atoms with E-state index in [0.717, 1.165) is 37.4 Å². The molecule has 1 amide bonds. The lowest BCUT2D eigenvalue weighted by Gasteiger charge is -2.36. The molecule has 0 aliphatic carbocycles. The molecule has 9 nitrogen and oxygen atoms in total. The zero-order chi connectivity index (χ0) is 21.8. The number of hydrogen-bond donors (Lipinski definition) is 1. The van der Waals surface area contributed by atoms with Crippen LogP contribution >= 0.6 is 0 Å². The van der Waals surface area contributed by atoms with Gasteiger partial charge in [-0.15, -0.1) is 0 Å². The first-order valence-electron chi connectivity index (χ1n) is 10.6. The minimum atomic E-state index is -0.0997. The highest BCUT2D eigenvalue weighted by Crippen LogP contribution is 2.23. The molecule has 3 aromatic rings. The molecule has 1 aliphatic rings. The molecule has 1 aliphatic heterocycles. The zero-order valence-corrected chi connectivity index (χ0v) is 18.1. The third kappa shape index (κ3) is 5.18. The molecule has 2 aromatic heterocycles. The molecule has 1 saturated heterocycles. The van der Waals surface area contributed by atoms with E-state index in [1.807, 2.05) is 44.2 Å². The largest absolute Gasteiger partial charge is 0.338 e. The van der Waals surface area contributed by atoms with Crippen LogP contribution in [0.4, 0.5) is 5.88 Å². The van der Waals surface area contributed by atoms with Crippen molar-refractivity contribution < 1.29 is 13.8 Å². The van der Waals surface area contributed by atoms with Crippen LogP contribution in [0.15, 0.2) is 45.4 Å². The number of aromatic nitrogens is 3. The van der Waals surface area contributed by atoms with Crippen molar-refractivity contribution >= 4 is 11.8 Å². The van der Waals surface area contributed by atoms with E-state index in [0.29, 0.717) is 24.1 Å². The first-order valence-corrected chi connectivity index (χ1v) is 10.6. The molecule has 0 radical (unpaired) electrons. The van der Waals surface area contributed by atoms with E-state index in [9.17, 15) is 4.79 Å². The lowest BCUT2D eigenvalue weighted by Crippen LogP contribution is -2.49. The second-order valence-corrected chi connectivity index (χ2v) is 8.13. The highest BCUT2D eigenvalue weighted by atomic mass is 16.5. The third-order valence-electron chi connectivity index (χ3n) is 5.54. The van der Waals surface area contributed by atoms with Gasteiger partial charge in [0.15, 0.2) is 0 Å². The third-order valence-corrected chi connectivity index (χ3v) is 5.54. The summed E-state index contributed by atoms with van der Waals surface area (Å²) in [5.41, 5.74) is 1.77. The second kappa shape index (κ2) is 9.40. The second-order valence-electron chi connectivity index (χ2n) is 8.13. The molecule has 164 valence electrons. The normalized spacial score (nSPS) is 16.5. The van der Waals surface area contributed by atoms with E-state index in [4.69, 9.17) is 9.05 Å². The summed E-state index contributed by atoms with van der Waals surface area (Å²) in [6.07, 6.45) is 0. The Morgan fingerprint density at radius 1 is 1.06 bits per heavy atom. The van der Waals surface area contributed by atoms with Gasteiger partial charge in [0.25, 0.3) is 0 Å². The molecular weight excluding hydrogens is 396 g/mol. The smallest absolute Gasteiger partial charge is 0.244 e. The van der Waals surface area contributed by atoms with Gasteiger partial charge in [-0.1, -0.05) is 54.5 Å². The van der Waals surface area contributed by atoms with E-state index < -0.39 is 0 Å². The maximum absolute atomic E-state index is 12.3. The molecule has 0 bridgehead atoms. The average molecular weight is 425 g/mol. The van der Waals surface area contributed by atoms with Crippen molar-refractivity contribution in [2.75, 3.05) is 38.0 Å². The summed E-state index contributed by atoms with van der Waals surface area (Å²) in [5, 5.41) is 10.9. The van der Waals surface area contributed by atoms with Crippen molar-refractivity contribution in [2.24, 2.45) is 0 Å². The van der Waals surface area contributed by atoms with Crippen molar-refractivity contribution in [3.05, 3.63) is 48.0 Å². The Bertz CT molecular complexity index is 992. The summed E-state index contributed by atoms with van der Waals surface area (Å²) >= 11 is 0. The van der Waals surface area contributed by atoms with Crippen LogP contribution in [-0.2, 0) is 4.79 Å². The van der Waals surface area contributed by atoms with Crippen molar-refractivity contribution in [3.8, 4) is 11.4 Å². The van der Waals surface area contributed by atoms with Crippen molar-refractivity contribution in [3.63, 3.8) is 0 Å². The van der Waals surface area contributed by atoms with E-state index in [1.165, 1.54) is 0 Å². The van der Waals surface area contributed by atoms with Gasteiger partial charge in [-0.25, -0.2) is 0 Å². The number of carbonyl (C=O) groups excluding carboxylic acids is 1. The molecule has 1 fully saturated rings. The molecule has 3 heterocycles. The van der Waals surface area contributed by atoms with E-state index in [2.05, 4.69) is 37.3 Å². The van der Waals surface area contributed by atoms with Crippen LogP contribution in [0.25, 0.3) is 11.4 Å². The summed E-state index contributed by atoms with van der Waals surface area (Å²) in [4.78, 5) is 21.3. The van der Waals surface area contributed by atoms with Crippen molar-refractivity contribution in [1.82, 2.24) is 25.1 Å². The predicted octanol–water partition coefficient (Wildman–Crippen LogP) is 3.17. The molecule has 1 N–H and O–H groups in total. The predicted molar refractivity (Wildman–Crippen MR) is 115 cm³/mol. The number of benzene rings is 1. The standard InChI is InChI=1S/C22H28N6O3/c1-15(2)18-13-20(30-25-18)23-19(29)14-27-9-11-28(12-10-27)16(3)22-24-21(26-31-22)17-7-5-4-6-8-17/h4-8,13,15-16H,9-12,14H2,1-3H3,(H,23,29). The zero-order valence-electron chi connectivity index (χ0n) is 18.1. The minimum absolute atomic E-state index is 0.0181. The van der Waals surface area contributed by atoms with Crippen LogP contribution in [0.1, 0.15) is 44.3 Å². The summed E-state index contributed by atoms with van der Waals surface area (Å²) in [6.45, 7) is 9.64. The number of anilines is 1. The summed E-state index contributed by atoms with van der Waals surface area (Å²) < 4.78 is 10.7. The number of nitrogens with one attached hydrogen (secondary N) is 1. The van der Waals surface area contributed by atoms with Crippen LogP contribution in [0, 0.1) is 0 Å². The molecule has 1 atom stereocenters. The maximum Gasteiger partial charge on any atom is 0.244 e. The topological polar surface area (TPSA) is 101 Å². The van der Waals surface area contributed by atoms with Crippen LogP contribution in [0.5, 0.6) is 0 Å². The SMILES string of the molecule is CC(C)c1cc(NC(=O)CN2CCN(C(C)c3nc(-c4ccccc4)no3)CC2)on1. The van der Waals surface area contributed by atoms with Crippen LogP contribution in [0.2, 0.25) is 0 Å². The van der Waals surface area contributed by atoms with E-state index in [-0.39, 0.29) is 17.9 Å². The van der Waals surface area contributed by atoms with E-state index >= 15 is 0 Å². The first kappa shape index (κ1) is 21.2. The first-order chi connectivity index (χ1) is 15.0. The number of piperazine rings is 1. The Morgan fingerprint density at radius 2 is 1.81 bits per heavy atom. The van der Waals surface area contributed by atoms with E-state index in [1.54, 1.807) is 6.07 Å². The molecule has 1 unspecified atom stereocenters. The Balaban J connectivity index is 1.26. The molecule has 0 spiro atoms. The fraction of sp³-hybridized carbons (Fsp3) is 0.455. The fourth-order valence-electron chi connectivity index (χ4n) is 3.57. The number of amides is 1. The average Bonchev–Trinajstić information content (AvgIpc) is 3.44. The van der Waals surface area contributed by atoms with Gasteiger partial charge in [-0.3, -0.25) is 19.9 Å². The maximum atomic E-state index is 12.3. The molecule has 9 heteroatoms. The summed E-state index contributed by atoms with van der Waals surface area (Å²) in [6, 6.07) is 11.6. The molecule has 31 heavy (non-hydrogen) atoms. The Morgan fingerprint density at radius 3 is 2.48 bits per heavy atom. The molecule has 0 saturated carbocycles. The van der Waals surface area contributed by atoms with Gasteiger partial charge in [0.1, 0.15) is 0 Å². The Labute approximate surface area is 181 Å². The monoisotopic (exact) mass is 424 g/mol. The van der Waals surface area contributed by atoms with Crippen LogP contribution in [-0.4, -0.2) is 63.7 Å². The quantitative estimate of drug-likeness (QED) is 0.617. The van der Waals surface area contributed by atoms with Gasteiger partial charge in [-0.2, -0.15) is 4.98 Å². The van der Waals surface area contributed by atoms with Crippen LogP contribution in [0.3, 0.4) is 0 Å². The number of nitrogens with zero attached hydrogens (tertiary/aromatic N) is 5. The lowest BCUT2D eigenvalue weighted by molar-refractivity contribution is -0.118. The minimum Gasteiger partial charge on any atom is -0.338 e. The lowest BCUT2D eigenvalue weighted by atomic mass is 10.1. The fourth-order valence-corrected chi connectivity index (χ4v) is 3.57. The summed E-state index contributed by atoms with van der Waals surface area (Å²) in [5.74, 6) is 1.76. The number of rotatable bonds is 7. The molecule has 4 rings (SSSR count). The highest BCUT2D eigenvalue weighted by molar-refractivity contribution is 5.91. The van der Waals surface area contributed by atoms with Gasteiger partial charge in [0.05, 0.1) is 18.3 Å². The number of carbonyl (C=O) groups is 1. The Kier molecular flexibility index (Phi) is 6.43. The van der Waals surface area contributed by atoms with Crippen molar-refractivity contribution in [1.29, 1.82) is 0 Å². The van der Waals surface area contributed by atoms with Gasteiger partial charge < -0.3 is 9.05 Å².